The maximum atomic E-state index is 8.96. The summed E-state index contributed by atoms with van der Waals surface area (Å²) < 4.78 is 1.95. The molecule has 0 fully saturated rings. The predicted molar refractivity (Wildman–Crippen MR) is 55.9 cm³/mol. The van der Waals surface area contributed by atoms with Gasteiger partial charge in [0.15, 0.2) is 0 Å². The van der Waals surface area contributed by atoms with Gasteiger partial charge in [-0.15, -0.1) is 0 Å². The van der Waals surface area contributed by atoms with E-state index >= 15 is 0 Å². The molecule has 0 aliphatic heterocycles. The minimum atomic E-state index is -0.457. The number of hydrogen-bond acceptors (Lipinski definition) is 3. The maximum Gasteiger partial charge on any atom is 0.0608 e. The van der Waals surface area contributed by atoms with Gasteiger partial charge in [0.2, 0.25) is 0 Å². The Morgan fingerprint density at radius 2 is 2.36 bits per heavy atom. The van der Waals surface area contributed by atoms with E-state index in [0.29, 0.717) is 0 Å². The third kappa shape index (κ3) is 3.12. The molecule has 0 amide bonds. The molecule has 80 valence electrons. The molecule has 0 bridgehead atoms. The van der Waals surface area contributed by atoms with Gasteiger partial charge in [-0.2, -0.15) is 5.10 Å². The van der Waals surface area contributed by atoms with Crippen molar-refractivity contribution < 1.29 is 5.11 Å². The zero-order valence-electron chi connectivity index (χ0n) is 8.90. The first-order valence-corrected chi connectivity index (χ1v) is 4.93. The molecule has 1 atom stereocenters. The minimum absolute atomic E-state index is 0.0328. The fraction of sp³-hybridized carbons (Fsp3) is 0.700. The summed E-state index contributed by atoms with van der Waals surface area (Å²) in [7, 11) is 0. The van der Waals surface area contributed by atoms with E-state index in [4.69, 9.17) is 10.8 Å². The summed E-state index contributed by atoms with van der Waals surface area (Å²) in [6.07, 6.45) is 3.54. The molecular weight excluding hydrogens is 178 g/mol. The smallest absolute Gasteiger partial charge is 0.0608 e. The number of aromatic nitrogens is 2. The van der Waals surface area contributed by atoms with Crippen molar-refractivity contribution in [1.29, 1.82) is 0 Å². The second-order valence-corrected chi connectivity index (χ2v) is 4.11. The van der Waals surface area contributed by atoms with Crippen LogP contribution in [0.3, 0.4) is 0 Å². The van der Waals surface area contributed by atoms with Crippen LogP contribution in [-0.4, -0.2) is 27.0 Å². The van der Waals surface area contributed by atoms with Crippen LogP contribution in [0.25, 0.3) is 0 Å². The fourth-order valence-electron chi connectivity index (χ4n) is 1.34. The molecule has 0 radical (unpaired) electrons. The summed E-state index contributed by atoms with van der Waals surface area (Å²) in [4.78, 5) is 0. The second kappa shape index (κ2) is 4.57. The molecule has 0 saturated carbocycles. The Kier molecular flexibility index (Phi) is 3.66. The second-order valence-electron chi connectivity index (χ2n) is 4.11. The van der Waals surface area contributed by atoms with Gasteiger partial charge in [0, 0.05) is 24.0 Å². The summed E-state index contributed by atoms with van der Waals surface area (Å²) in [5, 5.41) is 13.1. The number of nitrogens with zero attached hydrogens (tertiary/aromatic N) is 2. The van der Waals surface area contributed by atoms with Gasteiger partial charge in [-0.1, -0.05) is 0 Å². The molecule has 1 aromatic rings. The Morgan fingerprint density at radius 3 is 2.86 bits per heavy atom. The van der Waals surface area contributed by atoms with Crippen LogP contribution in [0, 0.1) is 6.92 Å². The summed E-state index contributed by atoms with van der Waals surface area (Å²) in [5.74, 6) is 0. The lowest BCUT2D eigenvalue weighted by Gasteiger charge is -2.21. The molecule has 1 unspecified atom stereocenters. The normalized spacial score (nSPS) is 15.4. The van der Waals surface area contributed by atoms with Gasteiger partial charge in [-0.3, -0.25) is 4.68 Å². The van der Waals surface area contributed by atoms with Crippen molar-refractivity contribution in [3.63, 3.8) is 0 Å². The van der Waals surface area contributed by atoms with Crippen LogP contribution < -0.4 is 5.73 Å². The summed E-state index contributed by atoms with van der Waals surface area (Å²) in [6, 6.07) is 1.98. The largest absolute Gasteiger partial charge is 0.394 e. The van der Waals surface area contributed by atoms with Crippen LogP contribution >= 0.6 is 0 Å². The van der Waals surface area contributed by atoms with Crippen LogP contribution in [0.15, 0.2) is 12.3 Å². The van der Waals surface area contributed by atoms with Gasteiger partial charge in [0.05, 0.1) is 6.61 Å². The molecule has 14 heavy (non-hydrogen) atoms. The van der Waals surface area contributed by atoms with E-state index in [9.17, 15) is 0 Å². The number of rotatable bonds is 5. The number of aliphatic hydroxyl groups is 1. The van der Waals surface area contributed by atoms with Gasteiger partial charge in [0.25, 0.3) is 0 Å². The topological polar surface area (TPSA) is 64.1 Å². The lowest BCUT2D eigenvalue weighted by molar-refractivity contribution is 0.196. The molecule has 3 N–H and O–H groups in total. The van der Waals surface area contributed by atoms with Gasteiger partial charge in [0.1, 0.15) is 0 Å². The highest BCUT2D eigenvalue weighted by Crippen LogP contribution is 2.09. The summed E-state index contributed by atoms with van der Waals surface area (Å²) >= 11 is 0. The lowest BCUT2D eigenvalue weighted by atomic mass is 9.98. The highest BCUT2D eigenvalue weighted by molar-refractivity contribution is 4.96. The molecule has 0 saturated heterocycles. The van der Waals surface area contributed by atoms with Crippen molar-refractivity contribution in [1.82, 2.24) is 9.78 Å². The highest BCUT2D eigenvalue weighted by Gasteiger charge is 2.16. The maximum absolute atomic E-state index is 8.96. The fourth-order valence-corrected chi connectivity index (χ4v) is 1.34. The molecule has 1 rings (SSSR count). The van der Waals surface area contributed by atoms with E-state index in [2.05, 4.69) is 5.10 Å². The molecule has 0 spiro atoms. The van der Waals surface area contributed by atoms with Crippen molar-refractivity contribution in [3.05, 3.63) is 18.0 Å². The van der Waals surface area contributed by atoms with Crippen molar-refractivity contribution in [2.24, 2.45) is 5.73 Å². The Morgan fingerprint density at radius 1 is 1.64 bits per heavy atom. The zero-order chi connectivity index (χ0) is 10.6. The summed E-state index contributed by atoms with van der Waals surface area (Å²) in [5.41, 5.74) is 6.52. The van der Waals surface area contributed by atoms with Crippen molar-refractivity contribution in [2.45, 2.75) is 38.8 Å². The predicted octanol–water partition coefficient (Wildman–Crippen LogP) is 0.681. The van der Waals surface area contributed by atoms with Crippen molar-refractivity contribution >= 4 is 0 Å². The van der Waals surface area contributed by atoms with E-state index in [-0.39, 0.29) is 6.61 Å². The molecular formula is C10H19N3O. The van der Waals surface area contributed by atoms with E-state index in [0.717, 1.165) is 25.1 Å². The lowest BCUT2D eigenvalue weighted by Crippen LogP contribution is -2.40. The van der Waals surface area contributed by atoms with Crippen LogP contribution in [0.4, 0.5) is 0 Å². The Balaban J connectivity index is 2.32. The van der Waals surface area contributed by atoms with Crippen molar-refractivity contribution in [3.8, 4) is 0 Å². The van der Waals surface area contributed by atoms with Crippen LogP contribution in [0.5, 0.6) is 0 Å². The number of aliphatic hydroxyl groups excluding tert-OH is 1. The third-order valence-electron chi connectivity index (χ3n) is 2.41. The SMILES string of the molecule is Cc1ccnn1CCCC(C)(N)CO. The van der Waals surface area contributed by atoms with Crippen LogP contribution in [-0.2, 0) is 6.54 Å². The molecule has 0 aromatic carbocycles. The molecule has 4 nitrogen and oxygen atoms in total. The molecule has 0 aliphatic carbocycles. The molecule has 1 aromatic heterocycles. The first kappa shape index (κ1) is 11.2. The quantitative estimate of drug-likeness (QED) is 0.729. The molecule has 1 heterocycles. The Bertz CT molecular complexity index is 281. The van der Waals surface area contributed by atoms with Gasteiger partial charge in [-0.25, -0.2) is 0 Å². The van der Waals surface area contributed by atoms with E-state index in [1.54, 1.807) is 6.20 Å². The molecule has 0 aliphatic rings. The van der Waals surface area contributed by atoms with E-state index in [1.807, 2.05) is 24.6 Å². The number of hydrogen-bond donors (Lipinski definition) is 2. The number of nitrogens with two attached hydrogens (primary N) is 1. The Hall–Kier alpha value is -0.870. The monoisotopic (exact) mass is 197 g/mol. The van der Waals surface area contributed by atoms with Crippen LogP contribution in [0.1, 0.15) is 25.5 Å². The van der Waals surface area contributed by atoms with E-state index < -0.39 is 5.54 Å². The average molecular weight is 197 g/mol. The number of aryl methyl sites for hydroxylation is 2. The zero-order valence-corrected chi connectivity index (χ0v) is 8.90. The minimum Gasteiger partial charge on any atom is -0.394 e. The first-order chi connectivity index (χ1) is 6.55. The standard InChI is InChI=1S/C10H19N3O/c1-9-4-6-12-13(9)7-3-5-10(2,11)8-14/h4,6,14H,3,5,7-8,11H2,1-2H3. The third-order valence-corrected chi connectivity index (χ3v) is 2.41. The average Bonchev–Trinajstić information content (AvgIpc) is 2.52. The van der Waals surface area contributed by atoms with Gasteiger partial charge >= 0.3 is 0 Å². The van der Waals surface area contributed by atoms with Gasteiger partial charge < -0.3 is 10.8 Å². The summed E-state index contributed by atoms with van der Waals surface area (Å²) in [6.45, 7) is 4.79. The molecule has 4 heteroatoms. The highest BCUT2D eigenvalue weighted by atomic mass is 16.3. The van der Waals surface area contributed by atoms with Crippen LogP contribution in [0.2, 0.25) is 0 Å². The van der Waals surface area contributed by atoms with Crippen molar-refractivity contribution in [2.75, 3.05) is 6.61 Å². The van der Waals surface area contributed by atoms with E-state index in [1.165, 1.54) is 0 Å². The Labute approximate surface area is 84.7 Å². The van der Waals surface area contributed by atoms with Gasteiger partial charge in [-0.05, 0) is 32.8 Å². The first-order valence-electron chi connectivity index (χ1n) is 4.93.